The Balaban J connectivity index is -0.000000659. The maximum atomic E-state index is 11.0. The lowest BCUT2D eigenvalue weighted by molar-refractivity contribution is -0.147. The molecule has 0 atom stereocenters. The number of ether oxygens (including phenoxy) is 1. The fourth-order valence-electron chi connectivity index (χ4n) is 1.90. The first-order valence-electron chi connectivity index (χ1n) is 9.56. The van der Waals surface area contributed by atoms with E-state index in [0.717, 1.165) is 25.0 Å². The lowest BCUT2D eigenvalue weighted by Crippen LogP contribution is -2.23. The van der Waals surface area contributed by atoms with Gasteiger partial charge in [0.05, 0.1) is 12.0 Å². The second kappa shape index (κ2) is 16.6. The summed E-state index contributed by atoms with van der Waals surface area (Å²) in [6.45, 7) is 20.3. The van der Waals surface area contributed by atoms with Gasteiger partial charge < -0.3 is 9.84 Å². The molecule has 0 saturated carbocycles. The van der Waals surface area contributed by atoms with E-state index in [0.29, 0.717) is 13.0 Å². The molecule has 0 spiro atoms. The van der Waals surface area contributed by atoms with Gasteiger partial charge in [-0.2, -0.15) is 0 Å². The number of allylic oxidation sites excluding steroid dienone is 3. The summed E-state index contributed by atoms with van der Waals surface area (Å²) in [5.41, 5.74) is 1.98. The van der Waals surface area contributed by atoms with E-state index in [1.807, 2.05) is 41.5 Å². The van der Waals surface area contributed by atoms with Gasteiger partial charge in [-0.25, -0.2) is 0 Å². The Morgan fingerprint density at radius 3 is 2.04 bits per heavy atom. The van der Waals surface area contributed by atoms with Crippen LogP contribution in [0.15, 0.2) is 23.0 Å². The van der Waals surface area contributed by atoms with Crippen LogP contribution >= 0.6 is 0 Å². The van der Waals surface area contributed by atoms with Crippen molar-refractivity contribution in [1.82, 2.24) is 0 Å². The van der Waals surface area contributed by atoms with E-state index >= 15 is 0 Å². The minimum atomic E-state index is -0.744. The predicted octanol–water partition coefficient (Wildman–Crippen LogP) is 6.99. The maximum absolute atomic E-state index is 11.0. The summed E-state index contributed by atoms with van der Waals surface area (Å²) in [6, 6.07) is 0. The Morgan fingerprint density at radius 2 is 1.58 bits per heavy atom. The third-order valence-electron chi connectivity index (χ3n) is 3.48. The van der Waals surface area contributed by atoms with Gasteiger partial charge in [0.2, 0.25) is 0 Å². The average molecular weight is 343 g/mol. The summed E-state index contributed by atoms with van der Waals surface area (Å²) in [4.78, 5) is 11.0. The van der Waals surface area contributed by atoms with Gasteiger partial charge >= 0.3 is 5.97 Å². The summed E-state index contributed by atoms with van der Waals surface area (Å²) in [5, 5.41) is 9.01. The van der Waals surface area contributed by atoms with Crippen molar-refractivity contribution in [3.05, 3.63) is 23.0 Å². The molecule has 0 aliphatic heterocycles. The molecule has 1 N–H and O–H groups in total. The van der Waals surface area contributed by atoms with Crippen LogP contribution in [-0.2, 0) is 9.53 Å². The molecule has 0 bridgehead atoms. The molecule has 0 aromatic rings. The van der Waals surface area contributed by atoms with Crippen molar-refractivity contribution >= 4 is 5.97 Å². The van der Waals surface area contributed by atoms with E-state index in [-0.39, 0.29) is 0 Å². The highest BCUT2D eigenvalue weighted by atomic mass is 16.5. The van der Waals surface area contributed by atoms with Crippen LogP contribution < -0.4 is 0 Å². The first-order valence-corrected chi connectivity index (χ1v) is 9.56. The predicted molar refractivity (Wildman–Crippen MR) is 106 cm³/mol. The molecule has 1 aliphatic carbocycles. The van der Waals surface area contributed by atoms with E-state index in [4.69, 9.17) is 9.84 Å². The third kappa shape index (κ3) is 12.2. The highest BCUT2D eigenvalue weighted by Gasteiger charge is 2.26. The summed E-state index contributed by atoms with van der Waals surface area (Å²) in [7, 11) is 0. The first-order chi connectivity index (χ1) is 11.3. The summed E-state index contributed by atoms with van der Waals surface area (Å²) < 4.78 is 5.75. The molecule has 0 heterocycles. The van der Waals surface area contributed by atoms with Crippen molar-refractivity contribution in [1.29, 1.82) is 0 Å². The number of hydrogen-bond donors (Lipinski definition) is 1. The van der Waals surface area contributed by atoms with E-state index in [9.17, 15) is 4.79 Å². The first kappa shape index (κ1) is 27.6. The topological polar surface area (TPSA) is 46.5 Å². The van der Waals surface area contributed by atoms with Crippen molar-refractivity contribution in [2.75, 3.05) is 6.61 Å². The fraction of sp³-hybridized carbons (Fsp3) is 0.762. The minimum absolute atomic E-state index is 0.590. The Labute approximate surface area is 151 Å². The molecule has 0 unspecified atom stereocenters. The molecular weight excluding hydrogens is 300 g/mol. The second-order valence-corrected chi connectivity index (χ2v) is 5.78. The smallest absolute Gasteiger partial charge is 0.309 e. The zero-order chi connectivity index (χ0) is 19.8. The molecule has 144 valence electrons. The lowest BCUT2D eigenvalue weighted by atomic mass is 9.88. The van der Waals surface area contributed by atoms with Crippen LogP contribution in [0.3, 0.4) is 0 Å². The van der Waals surface area contributed by atoms with Gasteiger partial charge in [-0.1, -0.05) is 47.1 Å². The van der Waals surface area contributed by atoms with E-state index < -0.39 is 11.4 Å². The van der Waals surface area contributed by atoms with Crippen molar-refractivity contribution in [2.45, 2.75) is 94.9 Å². The van der Waals surface area contributed by atoms with Gasteiger partial charge in [0.1, 0.15) is 5.76 Å². The normalized spacial score (nSPS) is 13.2. The summed E-state index contributed by atoms with van der Waals surface area (Å²) >= 11 is 0. The standard InChI is InChI=1S/C15H24O3.3C2H6/c1-11-6-7-12(2)13(10-11)18-9-5-8-15(3,4)14(16)17;3*1-2/h10H,5-9H2,1-4H3,(H,16,17);3*1-2H3. The molecule has 0 amide bonds. The number of carboxylic acids is 1. The van der Waals surface area contributed by atoms with E-state index in [2.05, 4.69) is 19.9 Å². The van der Waals surface area contributed by atoms with Gasteiger partial charge in [-0.3, -0.25) is 4.79 Å². The van der Waals surface area contributed by atoms with Crippen molar-refractivity contribution < 1.29 is 14.6 Å². The van der Waals surface area contributed by atoms with Gasteiger partial charge in [0, 0.05) is 0 Å². The highest BCUT2D eigenvalue weighted by molar-refractivity contribution is 5.73. The molecule has 0 aromatic heterocycles. The van der Waals surface area contributed by atoms with Gasteiger partial charge in [-0.05, 0) is 65.0 Å². The monoisotopic (exact) mass is 342 g/mol. The zero-order valence-corrected chi connectivity index (χ0v) is 17.9. The largest absolute Gasteiger partial charge is 0.494 e. The molecule has 0 aromatic carbocycles. The average Bonchev–Trinajstić information content (AvgIpc) is 2.60. The van der Waals surface area contributed by atoms with Crippen LogP contribution in [0.2, 0.25) is 0 Å². The highest BCUT2D eigenvalue weighted by Crippen LogP contribution is 2.26. The molecular formula is C21H42O3. The van der Waals surface area contributed by atoms with Crippen LogP contribution in [-0.4, -0.2) is 17.7 Å². The molecule has 1 rings (SSSR count). The quantitative estimate of drug-likeness (QED) is 0.529. The van der Waals surface area contributed by atoms with Crippen LogP contribution in [0.5, 0.6) is 0 Å². The molecule has 0 saturated heterocycles. The van der Waals surface area contributed by atoms with Crippen LogP contribution in [0.25, 0.3) is 0 Å². The lowest BCUT2D eigenvalue weighted by Gasteiger charge is -2.20. The Hall–Kier alpha value is -1.25. The Kier molecular flexibility index (Phi) is 19.1. The second-order valence-electron chi connectivity index (χ2n) is 5.78. The van der Waals surface area contributed by atoms with Gasteiger partial charge in [0.25, 0.3) is 0 Å². The number of aliphatic carboxylic acids is 1. The SMILES string of the molecule is CC.CC.CC.CC1=CC(OCCCC(C)(C)C(=O)O)=C(C)CC1. The van der Waals surface area contributed by atoms with Gasteiger partial charge in [0.15, 0.2) is 0 Å². The fourth-order valence-corrected chi connectivity index (χ4v) is 1.90. The van der Waals surface area contributed by atoms with E-state index in [1.54, 1.807) is 13.8 Å². The van der Waals surface area contributed by atoms with Crippen LogP contribution in [0.4, 0.5) is 0 Å². The number of carboxylic acid groups (broad SMARTS) is 1. The van der Waals surface area contributed by atoms with Gasteiger partial charge in [-0.15, -0.1) is 0 Å². The molecule has 1 aliphatic rings. The summed E-state index contributed by atoms with van der Waals surface area (Å²) in [5.74, 6) is 0.234. The summed E-state index contributed by atoms with van der Waals surface area (Å²) in [6.07, 6.45) is 5.69. The van der Waals surface area contributed by atoms with Crippen LogP contribution in [0.1, 0.15) is 94.9 Å². The molecule has 3 heteroatoms. The Morgan fingerprint density at radius 1 is 1.08 bits per heavy atom. The van der Waals surface area contributed by atoms with Crippen molar-refractivity contribution in [3.8, 4) is 0 Å². The maximum Gasteiger partial charge on any atom is 0.309 e. The van der Waals surface area contributed by atoms with Crippen molar-refractivity contribution in [2.24, 2.45) is 5.41 Å². The van der Waals surface area contributed by atoms with Crippen LogP contribution in [0, 0.1) is 5.41 Å². The Bertz CT molecular complexity index is 377. The zero-order valence-electron chi connectivity index (χ0n) is 17.9. The molecule has 0 fully saturated rings. The number of rotatable bonds is 6. The molecule has 24 heavy (non-hydrogen) atoms. The number of carbonyl (C=O) groups is 1. The van der Waals surface area contributed by atoms with E-state index in [1.165, 1.54) is 11.1 Å². The third-order valence-corrected chi connectivity index (χ3v) is 3.48. The number of hydrogen-bond acceptors (Lipinski definition) is 2. The molecule has 3 nitrogen and oxygen atoms in total. The molecule has 0 radical (unpaired) electrons. The minimum Gasteiger partial charge on any atom is -0.494 e. The van der Waals surface area contributed by atoms with Crippen molar-refractivity contribution in [3.63, 3.8) is 0 Å².